The molecule has 8 heteroatoms. The molecular weight excluding hydrogens is 521 g/mol. The molecule has 0 unspecified atom stereocenters. The second kappa shape index (κ2) is 9.82. The lowest BCUT2D eigenvalue weighted by molar-refractivity contribution is 0.0975. The first-order chi connectivity index (χ1) is 13.9. The molecule has 3 N–H and O–H groups in total. The van der Waals surface area contributed by atoms with Gasteiger partial charge >= 0.3 is 0 Å². The lowest BCUT2D eigenvalue weighted by Gasteiger charge is -2.11. The van der Waals surface area contributed by atoms with Gasteiger partial charge in [-0.25, -0.2) is 0 Å². The number of thiocarbonyl (C=S) groups is 1. The second-order valence-corrected chi connectivity index (χ2v) is 7.94. The maximum Gasteiger partial charge on any atom is 0.258 e. The van der Waals surface area contributed by atoms with E-state index in [2.05, 4.69) is 38.5 Å². The van der Waals surface area contributed by atoms with Crippen molar-refractivity contribution >= 4 is 74.7 Å². The summed E-state index contributed by atoms with van der Waals surface area (Å²) in [4.78, 5) is 24.6. The van der Waals surface area contributed by atoms with Crippen LogP contribution in [-0.2, 0) is 0 Å². The Kier molecular flexibility index (Phi) is 7.18. The molecule has 0 saturated carbocycles. The summed E-state index contributed by atoms with van der Waals surface area (Å²) in [5, 5.41) is 9.08. The number of hydrogen-bond acceptors (Lipinski definition) is 3. The van der Waals surface area contributed by atoms with E-state index >= 15 is 0 Å². The lowest BCUT2D eigenvalue weighted by Crippen LogP contribution is -2.34. The maximum atomic E-state index is 12.3. The molecule has 146 valence electrons. The summed E-state index contributed by atoms with van der Waals surface area (Å²) >= 11 is 13.2. The highest BCUT2D eigenvalue weighted by atomic mass is 127. The SMILES string of the molecule is O=C(Nc1ccc(NC(=S)NC(=O)c2ccccc2I)cc1)c1cccc(Cl)c1. The van der Waals surface area contributed by atoms with Crippen LogP contribution in [0.1, 0.15) is 20.7 Å². The number of rotatable bonds is 4. The Bertz CT molecular complexity index is 1070. The number of benzene rings is 3. The molecule has 0 aliphatic rings. The molecule has 2 amide bonds. The number of nitrogens with one attached hydrogen (secondary N) is 3. The van der Waals surface area contributed by atoms with Crippen molar-refractivity contribution in [3.8, 4) is 0 Å². The molecule has 0 saturated heterocycles. The molecule has 0 bridgehead atoms. The van der Waals surface area contributed by atoms with Crippen LogP contribution >= 0.6 is 46.4 Å². The molecule has 0 atom stereocenters. The van der Waals surface area contributed by atoms with Crippen molar-refractivity contribution in [3.05, 3.63) is 92.5 Å². The van der Waals surface area contributed by atoms with Crippen LogP contribution in [0.2, 0.25) is 5.02 Å². The summed E-state index contributed by atoms with van der Waals surface area (Å²) in [6, 6.07) is 20.9. The van der Waals surface area contributed by atoms with E-state index in [1.54, 1.807) is 60.7 Å². The zero-order valence-corrected chi connectivity index (χ0v) is 18.6. The molecule has 3 aromatic rings. The van der Waals surface area contributed by atoms with Gasteiger partial charge in [0, 0.05) is 25.5 Å². The van der Waals surface area contributed by atoms with Gasteiger partial charge in [0.05, 0.1) is 5.56 Å². The third kappa shape index (κ3) is 5.99. The van der Waals surface area contributed by atoms with Crippen LogP contribution in [0.25, 0.3) is 0 Å². The minimum Gasteiger partial charge on any atom is -0.332 e. The lowest BCUT2D eigenvalue weighted by atomic mass is 10.2. The van der Waals surface area contributed by atoms with Gasteiger partial charge in [0.1, 0.15) is 0 Å². The van der Waals surface area contributed by atoms with Gasteiger partial charge < -0.3 is 10.6 Å². The van der Waals surface area contributed by atoms with Gasteiger partial charge in [-0.3, -0.25) is 14.9 Å². The van der Waals surface area contributed by atoms with Crippen molar-refractivity contribution in [2.45, 2.75) is 0 Å². The molecule has 0 radical (unpaired) electrons. The van der Waals surface area contributed by atoms with Crippen molar-refractivity contribution in [2.75, 3.05) is 10.6 Å². The van der Waals surface area contributed by atoms with E-state index < -0.39 is 0 Å². The van der Waals surface area contributed by atoms with Gasteiger partial charge in [0.25, 0.3) is 11.8 Å². The predicted octanol–water partition coefficient (Wildman–Crippen LogP) is 5.32. The Hall–Kier alpha value is -2.49. The van der Waals surface area contributed by atoms with Crippen LogP contribution in [0.15, 0.2) is 72.8 Å². The van der Waals surface area contributed by atoms with Gasteiger partial charge in [-0.2, -0.15) is 0 Å². The smallest absolute Gasteiger partial charge is 0.258 e. The summed E-state index contributed by atoms with van der Waals surface area (Å²) in [6.45, 7) is 0. The van der Waals surface area contributed by atoms with Crippen LogP contribution in [0.3, 0.4) is 0 Å². The van der Waals surface area contributed by atoms with E-state index in [4.69, 9.17) is 23.8 Å². The number of hydrogen-bond donors (Lipinski definition) is 3. The molecule has 0 spiro atoms. The normalized spacial score (nSPS) is 10.1. The molecule has 3 aromatic carbocycles. The summed E-state index contributed by atoms with van der Waals surface area (Å²) in [6.07, 6.45) is 0. The highest BCUT2D eigenvalue weighted by molar-refractivity contribution is 14.1. The number of carbonyl (C=O) groups excluding carboxylic acids is 2. The number of anilines is 2. The predicted molar refractivity (Wildman–Crippen MR) is 129 cm³/mol. The Morgan fingerprint density at radius 1 is 0.828 bits per heavy atom. The number of halogens is 2. The van der Waals surface area contributed by atoms with Gasteiger partial charge in [-0.15, -0.1) is 0 Å². The highest BCUT2D eigenvalue weighted by Crippen LogP contribution is 2.17. The molecule has 0 aliphatic heterocycles. The summed E-state index contributed by atoms with van der Waals surface area (Å²) in [7, 11) is 0. The zero-order valence-electron chi connectivity index (χ0n) is 14.9. The average Bonchev–Trinajstić information content (AvgIpc) is 2.69. The third-order valence-electron chi connectivity index (χ3n) is 3.83. The molecule has 3 rings (SSSR count). The number of amides is 2. The van der Waals surface area contributed by atoms with Crippen molar-refractivity contribution in [2.24, 2.45) is 0 Å². The topological polar surface area (TPSA) is 70.2 Å². The van der Waals surface area contributed by atoms with Gasteiger partial charge in [0.2, 0.25) is 0 Å². The fourth-order valence-corrected chi connectivity index (χ4v) is 3.48. The Balaban J connectivity index is 1.57. The minimum atomic E-state index is -0.280. The average molecular weight is 536 g/mol. The van der Waals surface area contributed by atoms with Crippen LogP contribution in [-0.4, -0.2) is 16.9 Å². The standard InChI is InChI=1S/C21H15ClIN3O2S/c22-14-5-3-4-13(12-14)19(27)24-15-8-10-16(11-9-15)25-21(29)26-20(28)17-6-1-2-7-18(17)23/h1-12H,(H,24,27)(H2,25,26,28,29). The van der Waals surface area contributed by atoms with Crippen molar-refractivity contribution < 1.29 is 9.59 Å². The molecule has 0 heterocycles. The number of carbonyl (C=O) groups is 2. The fraction of sp³-hybridized carbons (Fsp3) is 0. The van der Waals surface area contributed by atoms with Gasteiger partial charge in [-0.1, -0.05) is 29.8 Å². The van der Waals surface area contributed by atoms with Crippen molar-refractivity contribution in [3.63, 3.8) is 0 Å². The zero-order chi connectivity index (χ0) is 20.8. The summed E-state index contributed by atoms with van der Waals surface area (Å²) in [5.74, 6) is -0.536. The van der Waals surface area contributed by atoms with E-state index in [1.165, 1.54) is 0 Å². The van der Waals surface area contributed by atoms with Crippen LogP contribution in [0.4, 0.5) is 11.4 Å². The first-order valence-electron chi connectivity index (χ1n) is 8.46. The maximum absolute atomic E-state index is 12.3. The van der Waals surface area contributed by atoms with Crippen LogP contribution in [0, 0.1) is 3.57 Å². The first kappa shape index (κ1) is 21.2. The van der Waals surface area contributed by atoms with E-state index in [1.807, 2.05) is 12.1 Å². The molecular formula is C21H15ClIN3O2S. The third-order valence-corrected chi connectivity index (χ3v) is 5.21. The van der Waals surface area contributed by atoms with E-state index in [-0.39, 0.29) is 16.9 Å². The quantitative estimate of drug-likeness (QED) is 0.312. The van der Waals surface area contributed by atoms with E-state index in [0.717, 1.165) is 3.57 Å². The van der Waals surface area contributed by atoms with Gasteiger partial charge in [-0.05, 0) is 89.4 Å². The minimum absolute atomic E-state index is 0.186. The summed E-state index contributed by atoms with van der Waals surface area (Å²) < 4.78 is 0.838. The first-order valence-corrected chi connectivity index (χ1v) is 10.3. The Labute approximate surface area is 192 Å². The van der Waals surface area contributed by atoms with E-state index in [9.17, 15) is 9.59 Å². The van der Waals surface area contributed by atoms with Crippen molar-refractivity contribution in [1.29, 1.82) is 0 Å². The second-order valence-electron chi connectivity index (χ2n) is 5.93. The molecule has 0 aromatic heterocycles. The Morgan fingerprint density at radius 3 is 2.14 bits per heavy atom. The fourth-order valence-electron chi connectivity index (χ4n) is 2.45. The van der Waals surface area contributed by atoms with E-state index in [0.29, 0.717) is 27.5 Å². The van der Waals surface area contributed by atoms with Crippen molar-refractivity contribution in [1.82, 2.24) is 5.32 Å². The molecule has 0 fully saturated rings. The Morgan fingerprint density at radius 2 is 1.48 bits per heavy atom. The van der Waals surface area contributed by atoms with Gasteiger partial charge in [0.15, 0.2) is 5.11 Å². The monoisotopic (exact) mass is 535 g/mol. The molecule has 0 aliphatic carbocycles. The van der Waals surface area contributed by atoms with Crippen LogP contribution in [0.5, 0.6) is 0 Å². The highest BCUT2D eigenvalue weighted by Gasteiger charge is 2.11. The molecule has 29 heavy (non-hydrogen) atoms. The largest absolute Gasteiger partial charge is 0.332 e. The molecule has 5 nitrogen and oxygen atoms in total. The summed E-state index contributed by atoms with van der Waals surface area (Å²) in [5.41, 5.74) is 2.32. The van der Waals surface area contributed by atoms with Crippen LogP contribution < -0.4 is 16.0 Å².